The number of methoxy groups -OCH3 is 1. The van der Waals surface area contributed by atoms with Crippen LogP contribution in [0.1, 0.15) is 34.6 Å². The highest BCUT2D eigenvalue weighted by atomic mass is 79.9. The minimum atomic E-state index is -0.244. The van der Waals surface area contributed by atoms with E-state index in [2.05, 4.69) is 21.2 Å². The lowest BCUT2D eigenvalue weighted by atomic mass is 10.1. The molecular weight excluding hydrogens is 424 g/mol. The van der Waals surface area contributed by atoms with Gasteiger partial charge in [-0.05, 0) is 72.2 Å². The lowest BCUT2D eigenvalue weighted by molar-refractivity contribution is 0.0773. The number of ether oxygens (including phenoxy) is 2. The van der Waals surface area contributed by atoms with Gasteiger partial charge in [0.2, 0.25) is 0 Å². The first-order chi connectivity index (χ1) is 13.5. The Kier molecular flexibility index (Phi) is 8.47. The van der Waals surface area contributed by atoms with Crippen molar-refractivity contribution in [1.82, 2.24) is 4.90 Å². The van der Waals surface area contributed by atoms with Gasteiger partial charge in [0.25, 0.3) is 11.8 Å². The second-order valence-corrected chi connectivity index (χ2v) is 6.85. The van der Waals surface area contributed by atoms with Crippen molar-refractivity contribution < 1.29 is 19.1 Å². The normalized spacial score (nSPS) is 10.4. The summed E-state index contributed by atoms with van der Waals surface area (Å²) in [5, 5.41) is 2.84. The van der Waals surface area contributed by atoms with Crippen LogP contribution in [0.15, 0.2) is 46.9 Å². The molecule has 0 aliphatic carbocycles. The maximum atomic E-state index is 12.5. The summed E-state index contributed by atoms with van der Waals surface area (Å²) in [5.41, 5.74) is 1.72. The van der Waals surface area contributed by atoms with Crippen molar-refractivity contribution in [1.29, 1.82) is 0 Å². The average Bonchev–Trinajstić information content (AvgIpc) is 2.70. The summed E-state index contributed by atoms with van der Waals surface area (Å²) < 4.78 is 11.2. The second-order valence-electron chi connectivity index (χ2n) is 6.00. The second kappa shape index (κ2) is 10.8. The van der Waals surface area contributed by atoms with Gasteiger partial charge in [-0.3, -0.25) is 9.59 Å². The summed E-state index contributed by atoms with van der Waals surface area (Å²) in [6.07, 6.45) is 0. The van der Waals surface area contributed by atoms with E-state index in [1.165, 1.54) is 0 Å². The van der Waals surface area contributed by atoms with E-state index in [0.717, 1.165) is 0 Å². The van der Waals surface area contributed by atoms with E-state index in [4.69, 9.17) is 9.47 Å². The molecule has 0 spiro atoms. The third-order valence-corrected chi connectivity index (χ3v) is 4.80. The number of hydrogen-bond acceptors (Lipinski definition) is 4. The lowest BCUT2D eigenvalue weighted by Crippen LogP contribution is -2.30. The van der Waals surface area contributed by atoms with Crippen molar-refractivity contribution >= 4 is 33.4 Å². The Balaban J connectivity index is 2.02. The molecule has 2 aromatic carbocycles. The summed E-state index contributed by atoms with van der Waals surface area (Å²) in [4.78, 5) is 26.6. The third kappa shape index (κ3) is 5.81. The molecule has 2 amide bonds. The number of nitrogens with zero attached hydrogens (tertiary/aromatic N) is 1. The molecule has 2 aromatic rings. The van der Waals surface area contributed by atoms with E-state index in [9.17, 15) is 9.59 Å². The molecule has 0 unspecified atom stereocenters. The number of nitrogens with one attached hydrogen (secondary N) is 1. The first kappa shape index (κ1) is 21.9. The highest BCUT2D eigenvalue weighted by Crippen LogP contribution is 2.26. The fraction of sp³-hybridized carbons (Fsp3) is 0.333. The highest BCUT2D eigenvalue weighted by Gasteiger charge is 2.13. The zero-order chi connectivity index (χ0) is 20.5. The van der Waals surface area contributed by atoms with E-state index in [-0.39, 0.29) is 11.8 Å². The van der Waals surface area contributed by atoms with Gasteiger partial charge in [0.1, 0.15) is 12.4 Å². The number of anilines is 1. The average molecular weight is 449 g/mol. The van der Waals surface area contributed by atoms with Gasteiger partial charge in [-0.1, -0.05) is 0 Å². The first-order valence-corrected chi connectivity index (χ1v) is 9.91. The lowest BCUT2D eigenvalue weighted by Gasteiger charge is -2.18. The fourth-order valence-corrected chi connectivity index (χ4v) is 3.08. The molecule has 0 fully saturated rings. The molecule has 2 rings (SSSR count). The van der Waals surface area contributed by atoms with E-state index in [1.807, 2.05) is 13.8 Å². The van der Waals surface area contributed by atoms with Crippen molar-refractivity contribution in [3.05, 3.63) is 58.1 Å². The molecule has 0 aliphatic heterocycles. The van der Waals surface area contributed by atoms with Crippen LogP contribution < -0.4 is 10.1 Å². The van der Waals surface area contributed by atoms with Crippen LogP contribution in [0, 0.1) is 0 Å². The predicted molar refractivity (Wildman–Crippen MR) is 113 cm³/mol. The van der Waals surface area contributed by atoms with Crippen molar-refractivity contribution in [2.45, 2.75) is 13.8 Å². The van der Waals surface area contributed by atoms with Gasteiger partial charge in [-0.25, -0.2) is 0 Å². The summed E-state index contributed by atoms with van der Waals surface area (Å²) in [7, 11) is 1.61. The van der Waals surface area contributed by atoms with Gasteiger partial charge >= 0.3 is 0 Å². The Bertz CT molecular complexity index is 805. The van der Waals surface area contributed by atoms with Crippen molar-refractivity contribution in [2.75, 3.05) is 38.7 Å². The van der Waals surface area contributed by atoms with Gasteiger partial charge < -0.3 is 19.7 Å². The van der Waals surface area contributed by atoms with Gasteiger partial charge in [0.05, 0.1) is 11.1 Å². The number of halogens is 1. The smallest absolute Gasteiger partial charge is 0.255 e. The van der Waals surface area contributed by atoms with Gasteiger partial charge in [-0.2, -0.15) is 0 Å². The van der Waals surface area contributed by atoms with E-state index < -0.39 is 0 Å². The molecule has 0 bridgehead atoms. The quantitative estimate of drug-likeness (QED) is 0.583. The number of amides is 2. The number of carbonyl (C=O) groups is 2. The van der Waals surface area contributed by atoms with Crippen LogP contribution in [0.5, 0.6) is 5.75 Å². The highest BCUT2D eigenvalue weighted by molar-refractivity contribution is 9.10. The van der Waals surface area contributed by atoms with Gasteiger partial charge in [0, 0.05) is 37.0 Å². The Morgan fingerprint density at radius 3 is 2.21 bits per heavy atom. The van der Waals surface area contributed by atoms with Crippen LogP contribution in [0.3, 0.4) is 0 Å². The van der Waals surface area contributed by atoms with Gasteiger partial charge in [0.15, 0.2) is 0 Å². The Labute approximate surface area is 174 Å². The molecule has 7 heteroatoms. The molecule has 0 radical (unpaired) electrons. The minimum Gasteiger partial charge on any atom is -0.490 e. The maximum Gasteiger partial charge on any atom is 0.255 e. The number of carbonyl (C=O) groups excluding carboxylic acids is 2. The summed E-state index contributed by atoms with van der Waals surface area (Å²) >= 11 is 3.42. The molecule has 0 saturated carbocycles. The molecular formula is C21H25BrN2O4. The van der Waals surface area contributed by atoms with Gasteiger partial charge in [-0.15, -0.1) is 0 Å². The number of hydrogen-bond donors (Lipinski definition) is 1. The number of rotatable bonds is 9. The van der Waals surface area contributed by atoms with Crippen molar-refractivity contribution in [3.8, 4) is 5.75 Å². The topological polar surface area (TPSA) is 67.9 Å². The Morgan fingerprint density at radius 2 is 1.64 bits per heavy atom. The zero-order valence-electron chi connectivity index (χ0n) is 16.3. The molecule has 0 saturated heterocycles. The standard InChI is InChI=1S/C21H25BrN2O4/c1-4-24(5-2)21(26)15-6-9-17(10-7-15)23-20(25)16-8-11-19(18(22)14-16)28-13-12-27-3/h6-11,14H,4-5,12-13H2,1-3H3,(H,23,25). The van der Waals surface area contributed by atoms with E-state index >= 15 is 0 Å². The molecule has 0 aromatic heterocycles. The summed E-state index contributed by atoms with van der Waals surface area (Å²) in [6.45, 7) is 6.13. The van der Waals surface area contributed by atoms with Crippen molar-refractivity contribution in [3.63, 3.8) is 0 Å². The largest absolute Gasteiger partial charge is 0.490 e. The zero-order valence-corrected chi connectivity index (χ0v) is 17.9. The van der Waals surface area contributed by atoms with Crippen LogP contribution in [-0.4, -0.2) is 50.1 Å². The SMILES string of the molecule is CCN(CC)C(=O)c1ccc(NC(=O)c2ccc(OCCOC)c(Br)c2)cc1. The van der Waals surface area contributed by atoms with Crippen LogP contribution in [0.4, 0.5) is 5.69 Å². The van der Waals surface area contributed by atoms with Crippen LogP contribution in [0.25, 0.3) is 0 Å². The molecule has 0 atom stereocenters. The minimum absolute atomic E-state index is 0.0177. The van der Waals surface area contributed by atoms with Crippen LogP contribution in [-0.2, 0) is 4.74 Å². The van der Waals surface area contributed by atoms with Crippen molar-refractivity contribution in [2.24, 2.45) is 0 Å². The Morgan fingerprint density at radius 1 is 1.00 bits per heavy atom. The molecule has 0 heterocycles. The van der Waals surface area contributed by atoms with E-state index in [1.54, 1.807) is 54.5 Å². The molecule has 150 valence electrons. The monoisotopic (exact) mass is 448 g/mol. The van der Waals surface area contributed by atoms with Crippen LogP contribution in [0.2, 0.25) is 0 Å². The summed E-state index contributed by atoms with van der Waals surface area (Å²) in [5.74, 6) is 0.385. The maximum absolute atomic E-state index is 12.5. The van der Waals surface area contributed by atoms with E-state index in [0.29, 0.717) is 53.3 Å². The number of benzene rings is 2. The summed E-state index contributed by atoms with van der Waals surface area (Å²) in [6, 6.07) is 12.0. The van der Waals surface area contributed by atoms with Crippen LogP contribution >= 0.6 is 15.9 Å². The third-order valence-electron chi connectivity index (χ3n) is 4.18. The molecule has 1 N–H and O–H groups in total. The molecule has 0 aliphatic rings. The molecule has 6 nitrogen and oxygen atoms in total. The fourth-order valence-electron chi connectivity index (χ4n) is 2.59. The Hall–Kier alpha value is -2.38. The molecule has 28 heavy (non-hydrogen) atoms. The predicted octanol–water partition coefficient (Wildman–Crippen LogP) is 4.21. The first-order valence-electron chi connectivity index (χ1n) is 9.12.